The minimum atomic E-state index is -0.254. The highest BCUT2D eigenvalue weighted by molar-refractivity contribution is 7.15. The number of hydrogen-bond acceptors (Lipinski definition) is 6. The van der Waals surface area contributed by atoms with Gasteiger partial charge in [-0.1, -0.05) is 17.4 Å². The van der Waals surface area contributed by atoms with Crippen molar-refractivity contribution in [3.63, 3.8) is 0 Å². The van der Waals surface area contributed by atoms with Gasteiger partial charge in [-0.2, -0.15) is 0 Å². The first-order valence-corrected chi connectivity index (χ1v) is 5.76. The zero-order valence-electron chi connectivity index (χ0n) is 9.22. The molecule has 17 heavy (non-hydrogen) atoms. The molecule has 90 valence electrons. The van der Waals surface area contributed by atoms with Crippen molar-refractivity contribution in [3.05, 3.63) is 35.1 Å². The number of benzene rings is 1. The summed E-state index contributed by atoms with van der Waals surface area (Å²) in [5.41, 5.74) is 3.23. The lowest BCUT2D eigenvalue weighted by Crippen LogP contribution is -2.16. The third-order valence-corrected chi connectivity index (χ3v) is 3.05. The Labute approximate surface area is 102 Å². The Morgan fingerprint density at radius 1 is 1.47 bits per heavy atom. The Bertz CT molecular complexity index is 501. The number of aromatic nitrogens is 2. The number of halogens is 1. The molecule has 5 nitrogen and oxygen atoms in total. The lowest BCUT2D eigenvalue weighted by atomic mass is 10.3. The van der Waals surface area contributed by atoms with Crippen LogP contribution in [0.5, 0.6) is 0 Å². The van der Waals surface area contributed by atoms with Gasteiger partial charge in [0, 0.05) is 12.7 Å². The number of nitrogens with zero attached hydrogens (tertiary/aromatic N) is 3. The van der Waals surface area contributed by atoms with Crippen molar-refractivity contribution in [2.45, 2.75) is 6.54 Å². The van der Waals surface area contributed by atoms with E-state index >= 15 is 0 Å². The van der Waals surface area contributed by atoms with E-state index < -0.39 is 0 Å². The number of anilines is 2. The van der Waals surface area contributed by atoms with Gasteiger partial charge in [-0.25, -0.2) is 10.2 Å². The van der Waals surface area contributed by atoms with Crippen LogP contribution >= 0.6 is 11.3 Å². The van der Waals surface area contributed by atoms with Crippen LogP contribution in [0.4, 0.5) is 15.2 Å². The Kier molecular flexibility index (Phi) is 3.50. The average Bonchev–Trinajstić information content (AvgIpc) is 2.77. The van der Waals surface area contributed by atoms with Crippen LogP contribution in [0.1, 0.15) is 5.01 Å². The van der Waals surface area contributed by atoms with Crippen LogP contribution in [-0.4, -0.2) is 17.2 Å². The zero-order valence-corrected chi connectivity index (χ0v) is 10.0. The van der Waals surface area contributed by atoms with E-state index in [0.29, 0.717) is 11.7 Å². The maximum atomic E-state index is 13.0. The summed E-state index contributed by atoms with van der Waals surface area (Å²) in [4.78, 5) is 1.89. The van der Waals surface area contributed by atoms with Gasteiger partial charge in [0.05, 0.1) is 6.54 Å². The first kappa shape index (κ1) is 11.7. The summed E-state index contributed by atoms with van der Waals surface area (Å²) in [6.07, 6.45) is 0. The molecule has 2 rings (SSSR count). The molecule has 0 saturated heterocycles. The predicted octanol–water partition coefficient (Wildman–Crippen LogP) is 1.60. The fourth-order valence-electron chi connectivity index (χ4n) is 1.38. The monoisotopic (exact) mass is 253 g/mol. The topological polar surface area (TPSA) is 67.1 Å². The second-order valence-corrected chi connectivity index (χ2v) is 4.54. The second-order valence-electron chi connectivity index (χ2n) is 3.48. The van der Waals surface area contributed by atoms with Crippen LogP contribution in [0.15, 0.2) is 24.3 Å². The van der Waals surface area contributed by atoms with E-state index in [-0.39, 0.29) is 5.82 Å². The molecule has 0 radical (unpaired) electrons. The van der Waals surface area contributed by atoms with E-state index in [1.807, 2.05) is 18.0 Å². The molecule has 1 aromatic heterocycles. The number of rotatable bonds is 4. The van der Waals surface area contributed by atoms with E-state index in [2.05, 4.69) is 15.6 Å². The molecule has 0 unspecified atom stereocenters. The molecule has 0 amide bonds. The van der Waals surface area contributed by atoms with Crippen molar-refractivity contribution in [2.24, 2.45) is 5.84 Å². The summed E-state index contributed by atoms with van der Waals surface area (Å²) in [5, 5.41) is 9.17. The van der Waals surface area contributed by atoms with Crippen molar-refractivity contribution < 1.29 is 4.39 Å². The smallest absolute Gasteiger partial charge is 0.219 e. The number of nitrogen functional groups attached to an aromatic ring is 1. The first-order valence-electron chi connectivity index (χ1n) is 4.95. The molecule has 0 bridgehead atoms. The maximum Gasteiger partial charge on any atom is 0.219 e. The van der Waals surface area contributed by atoms with Crippen molar-refractivity contribution in [2.75, 3.05) is 17.4 Å². The Morgan fingerprint density at radius 2 is 2.29 bits per heavy atom. The van der Waals surface area contributed by atoms with Crippen molar-refractivity contribution in [1.82, 2.24) is 10.2 Å². The average molecular weight is 253 g/mol. The number of hydrazine groups is 1. The summed E-state index contributed by atoms with van der Waals surface area (Å²) in [6, 6.07) is 6.40. The highest BCUT2D eigenvalue weighted by atomic mass is 32.1. The SMILES string of the molecule is CN(Cc1nnc(NN)s1)c1cccc(F)c1. The van der Waals surface area contributed by atoms with Crippen LogP contribution in [0.2, 0.25) is 0 Å². The van der Waals surface area contributed by atoms with Gasteiger partial charge in [0.25, 0.3) is 0 Å². The van der Waals surface area contributed by atoms with Gasteiger partial charge < -0.3 is 4.90 Å². The van der Waals surface area contributed by atoms with E-state index in [1.165, 1.54) is 23.5 Å². The summed E-state index contributed by atoms with van der Waals surface area (Å²) in [5.74, 6) is 4.97. The molecule has 0 atom stereocenters. The summed E-state index contributed by atoms with van der Waals surface area (Å²) in [7, 11) is 1.87. The molecule has 0 aliphatic carbocycles. The van der Waals surface area contributed by atoms with Crippen molar-refractivity contribution in [3.8, 4) is 0 Å². The molecule has 0 spiro atoms. The molecule has 0 saturated carbocycles. The van der Waals surface area contributed by atoms with Crippen LogP contribution in [0.25, 0.3) is 0 Å². The fourth-order valence-corrected chi connectivity index (χ4v) is 2.09. The maximum absolute atomic E-state index is 13.0. The molecule has 1 aromatic carbocycles. The Hall–Kier alpha value is -1.73. The van der Waals surface area contributed by atoms with Crippen LogP contribution in [-0.2, 0) is 6.54 Å². The van der Waals surface area contributed by atoms with Gasteiger partial charge in [0.1, 0.15) is 10.8 Å². The van der Waals surface area contributed by atoms with Gasteiger partial charge in [0.15, 0.2) is 0 Å². The number of nitrogens with one attached hydrogen (secondary N) is 1. The largest absolute Gasteiger partial charge is 0.368 e. The zero-order chi connectivity index (χ0) is 12.3. The van der Waals surface area contributed by atoms with E-state index in [0.717, 1.165) is 10.7 Å². The highest BCUT2D eigenvalue weighted by Crippen LogP contribution is 2.19. The van der Waals surface area contributed by atoms with Crippen molar-refractivity contribution in [1.29, 1.82) is 0 Å². The minimum Gasteiger partial charge on any atom is -0.368 e. The molecule has 7 heteroatoms. The third-order valence-electron chi connectivity index (χ3n) is 2.21. The molecule has 0 aliphatic heterocycles. The van der Waals surface area contributed by atoms with Crippen LogP contribution in [0, 0.1) is 5.82 Å². The highest BCUT2D eigenvalue weighted by Gasteiger charge is 2.07. The quantitative estimate of drug-likeness (QED) is 0.640. The molecule has 3 N–H and O–H groups in total. The lowest BCUT2D eigenvalue weighted by Gasteiger charge is -2.17. The standard InChI is InChI=1S/C10H12FN5S/c1-16(8-4-2-3-7(11)5-8)6-9-14-15-10(13-12)17-9/h2-5H,6,12H2,1H3,(H,13,15). The molecule has 0 aliphatic rings. The molecule has 2 aromatic rings. The normalized spacial score (nSPS) is 10.3. The number of nitrogens with two attached hydrogens (primary N) is 1. The van der Waals surface area contributed by atoms with E-state index in [4.69, 9.17) is 5.84 Å². The predicted molar refractivity (Wildman–Crippen MR) is 66.2 cm³/mol. The van der Waals surface area contributed by atoms with Gasteiger partial charge in [-0.05, 0) is 18.2 Å². The van der Waals surface area contributed by atoms with Gasteiger partial charge in [-0.15, -0.1) is 10.2 Å². The fraction of sp³-hybridized carbons (Fsp3) is 0.200. The van der Waals surface area contributed by atoms with Crippen LogP contribution in [0.3, 0.4) is 0 Å². The molecular formula is C10H12FN5S. The van der Waals surface area contributed by atoms with Gasteiger partial charge >= 0.3 is 0 Å². The molecular weight excluding hydrogens is 241 g/mol. The Balaban J connectivity index is 2.08. The third kappa shape index (κ3) is 2.89. The molecule has 1 heterocycles. The summed E-state index contributed by atoms with van der Waals surface area (Å²) >= 11 is 1.37. The van der Waals surface area contributed by atoms with Crippen molar-refractivity contribution >= 4 is 22.2 Å². The van der Waals surface area contributed by atoms with Gasteiger partial charge in [-0.3, -0.25) is 5.43 Å². The first-order chi connectivity index (χ1) is 8.19. The van der Waals surface area contributed by atoms with Crippen LogP contribution < -0.4 is 16.2 Å². The summed E-state index contributed by atoms with van der Waals surface area (Å²) in [6.45, 7) is 0.558. The Morgan fingerprint density at radius 3 is 2.94 bits per heavy atom. The second kappa shape index (κ2) is 5.07. The molecule has 0 fully saturated rings. The lowest BCUT2D eigenvalue weighted by molar-refractivity contribution is 0.627. The van der Waals surface area contributed by atoms with Gasteiger partial charge in [0.2, 0.25) is 5.13 Å². The number of hydrogen-bond donors (Lipinski definition) is 2. The van der Waals surface area contributed by atoms with E-state index in [1.54, 1.807) is 6.07 Å². The van der Waals surface area contributed by atoms with E-state index in [9.17, 15) is 4.39 Å². The minimum absolute atomic E-state index is 0.254. The summed E-state index contributed by atoms with van der Waals surface area (Å²) < 4.78 is 13.0.